The van der Waals surface area contributed by atoms with Gasteiger partial charge in [0.05, 0.1) is 12.7 Å². The average molecular weight is 447 g/mol. The van der Waals surface area contributed by atoms with Gasteiger partial charge in [0.15, 0.2) is 17.0 Å². The molecule has 0 saturated heterocycles. The highest BCUT2D eigenvalue weighted by molar-refractivity contribution is 9.10. The Kier molecular flexibility index (Phi) is 4.18. The normalized spacial score (nSPS) is 11.8. The van der Waals surface area contributed by atoms with Crippen LogP contribution in [0.2, 0.25) is 0 Å². The quantitative estimate of drug-likeness (QED) is 0.480. The highest BCUT2D eigenvalue weighted by atomic mass is 79.9. The molecule has 0 amide bonds. The number of rotatable bonds is 3. The van der Waals surface area contributed by atoms with Gasteiger partial charge >= 0.3 is 5.69 Å². The molecule has 9 nitrogen and oxygen atoms in total. The van der Waals surface area contributed by atoms with Gasteiger partial charge in [-0.05, 0) is 32.0 Å². The number of aryl methyl sites for hydroxylation is 1. The Hall–Kier alpha value is -2.88. The van der Waals surface area contributed by atoms with Gasteiger partial charge in [0.25, 0.3) is 5.56 Å². The number of imidazole rings is 1. The SMILES string of the molecule is COc1ccc(Br)cc1-c1nnc2n(C(C)C)c3c(=O)n(C)c(=O)n(C)c3n12. The molecule has 3 aromatic heterocycles. The topological polar surface area (TPSA) is 88.3 Å². The molecule has 0 spiro atoms. The third kappa shape index (κ3) is 2.37. The Labute approximate surface area is 167 Å². The van der Waals surface area contributed by atoms with Crippen molar-refractivity contribution in [2.24, 2.45) is 14.1 Å². The highest BCUT2D eigenvalue weighted by Crippen LogP contribution is 2.34. The maximum atomic E-state index is 13.0. The van der Waals surface area contributed by atoms with E-state index >= 15 is 0 Å². The number of fused-ring (bicyclic) bond motifs is 3. The van der Waals surface area contributed by atoms with Crippen LogP contribution in [0.4, 0.5) is 0 Å². The summed E-state index contributed by atoms with van der Waals surface area (Å²) in [6.45, 7) is 3.91. The van der Waals surface area contributed by atoms with Crippen LogP contribution in [0, 0.1) is 0 Å². The van der Waals surface area contributed by atoms with Crippen LogP contribution in [0.25, 0.3) is 28.3 Å². The van der Waals surface area contributed by atoms with Crippen molar-refractivity contribution in [2.45, 2.75) is 19.9 Å². The first-order valence-corrected chi connectivity index (χ1v) is 9.46. The second-order valence-corrected chi connectivity index (χ2v) is 7.76. The summed E-state index contributed by atoms with van der Waals surface area (Å²) < 4.78 is 12.4. The number of aromatic nitrogens is 6. The van der Waals surface area contributed by atoms with E-state index in [-0.39, 0.29) is 11.6 Å². The van der Waals surface area contributed by atoms with Crippen molar-refractivity contribution in [3.05, 3.63) is 43.5 Å². The molecule has 0 saturated carbocycles. The summed E-state index contributed by atoms with van der Waals surface area (Å²) in [5, 5.41) is 8.70. The second kappa shape index (κ2) is 6.33. The first kappa shape index (κ1) is 18.5. The van der Waals surface area contributed by atoms with Crippen LogP contribution in [0.3, 0.4) is 0 Å². The van der Waals surface area contributed by atoms with Crippen LogP contribution < -0.4 is 16.0 Å². The van der Waals surface area contributed by atoms with Crippen molar-refractivity contribution >= 4 is 32.9 Å². The summed E-state index contributed by atoms with van der Waals surface area (Å²) >= 11 is 3.47. The van der Waals surface area contributed by atoms with Gasteiger partial charge in [-0.25, -0.2) is 9.20 Å². The number of halogens is 1. The Morgan fingerprint density at radius 2 is 1.82 bits per heavy atom. The van der Waals surface area contributed by atoms with E-state index in [1.807, 2.05) is 32.0 Å². The number of hydrogen-bond acceptors (Lipinski definition) is 5. The van der Waals surface area contributed by atoms with Crippen LogP contribution in [0.5, 0.6) is 5.75 Å². The van der Waals surface area contributed by atoms with Crippen molar-refractivity contribution in [1.29, 1.82) is 0 Å². The Morgan fingerprint density at radius 1 is 1.11 bits per heavy atom. The molecule has 0 unspecified atom stereocenters. The third-order valence-electron chi connectivity index (χ3n) is 4.84. The largest absolute Gasteiger partial charge is 0.496 e. The Morgan fingerprint density at radius 3 is 2.46 bits per heavy atom. The third-order valence-corrected chi connectivity index (χ3v) is 5.34. The van der Waals surface area contributed by atoms with Gasteiger partial charge in [-0.2, -0.15) is 0 Å². The molecule has 4 aromatic rings. The predicted molar refractivity (Wildman–Crippen MR) is 109 cm³/mol. The maximum absolute atomic E-state index is 13.0. The van der Waals surface area contributed by atoms with Gasteiger partial charge in [-0.1, -0.05) is 15.9 Å². The lowest BCUT2D eigenvalue weighted by Gasteiger charge is -2.10. The summed E-state index contributed by atoms with van der Waals surface area (Å²) in [7, 11) is 4.69. The molecule has 146 valence electrons. The number of methoxy groups -OCH3 is 1. The van der Waals surface area contributed by atoms with Gasteiger partial charge in [0, 0.05) is 24.6 Å². The Bertz CT molecular complexity index is 1360. The van der Waals surface area contributed by atoms with Gasteiger partial charge in [-0.3, -0.25) is 18.5 Å². The van der Waals surface area contributed by atoms with Crippen LogP contribution in [0.1, 0.15) is 19.9 Å². The molecule has 0 aliphatic rings. The molecule has 0 N–H and O–H groups in total. The second-order valence-electron chi connectivity index (χ2n) is 6.85. The van der Waals surface area contributed by atoms with Crippen LogP contribution >= 0.6 is 15.9 Å². The minimum Gasteiger partial charge on any atom is -0.496 e. The molecule has 0 radical (unpaired) electrons. The summed E-state index contributed by atoms with van der Waals surface area (Å²) in [6, 6.07) is 5.49. The zero-order valence-electron chi connectivity index (χ0n) is 16.1. The van der Waals surface area contributed by atoms with Crippen molar-refractivity contribution in [1.82, 2.24) is 28.3 Å². The number of nitrogens with zero attached hydrogens (tertiary/aromatic N) is 6. The lowest BCUT2D eigenvalue weighted by Crippen LogP contribution is -2.38. The van der Waals surface area contributed by atoms with E-state index in [1.54, 1.807) is 23.1 Å². The summed E-state index contributed by atoms with van der Waals surface area (Å²) in [4.78, 5) is 25.6. The van der Waals surface area contributed by atoms with Crippen LogP contribution in [0.15, 0.2) is 32.3 Å². The smallest absolute Gasteiger partial charge is 0.332 e. The molecule has 28 heavy (non-hydrogen) atoms. The molecule has 4 rings (SSSR count). The molecule has 0 atom stereocenters. The average Bonchev–Trinajstić information content (AvgIpc) is 3.22. The molecule has 0 aliphatic carbocycles. The standard InChI is InChI=1S/C18H19BrN6O3/c1-9(2)24-13-15(22(3)18(27)23(4)16(13)26)25-14(20-21-17(24)25)11-8-10(19)6-7-12(11)28-5/h6-9H,1-5H3. The zero-order valence-corrected chi connectivity index (χ0v) is 17.7. The van der Waals surface area contributed by atoms with E-state index in [1.165, 1.54) is 11.6 Å². The minimum atomic E-state index is -0.416. The van der Waals surface area contributed by atoms with E-state index < -0.39 is 5.69 Å². The summed E-state index contributed by atoms with van der Waals surface area (Å²) in [6.07, 6.45) is 0. The number of ether oxygens (including phenoxy) is 1. The molecule has 0 aliphatic heterocycles. The monoisotopic (exact) mass is 446 g/mol. The van der Waals surface area contributed by atoms with Crippen molar-refractivity contribution < 1.29 is 4.74 Å². The molecular weight excluding hydrogens is 428 g/mol. The van der Waals surface area contributed by atoms with Crippen LogP contribution in [-0.4, -0.2) is 35.4 Å². The zero-order chi connectivity index (χ0) is 20.3. The fourth-order valence-electron chi connectivity index (χ4n) is 3.53. The highest BCUT2D eigenvalue weighted by Gasteiger charge is 2.26. The molecule has 1 aromatic carbocycles. The number of hydrogen-bond donors (Lipinski definition) is 0. The Balaban J connectivity index is 2.29. The number of benzene rings is 1. The molecule has 0 bridgehead atoms. The minimum absolute atomic E-state index is 0.0633. The van der Waals surface area contributed by atoms with Crippen molar-refractivity contribution in [3.63, 3.8) is 0 Å². The van der Waals surface area contributed by atoms with Crippen LogP contribution in [-0.2, 0) is 14.1 Å². The fraction of sp³-hybridized carbons (Fsp3) is 0.333. The molecule has 0 fully saturated rings. The van der Waals surface area contributed by atoms with Gasteiger partial charge in [0.2, 0.25) is 5.78 Å². The van der Waals surface area contributed by atoms with E-state index in [4.69, 9.17) is 4.74 Å². The first-order chi connectivity index (χ1) is 13.3. The van der Waals surface area contributed by atoms with E-state index in [0.29, 0.717) is 34.1 Å². The van der Waals surface area contributed by atoms with Gasteiger partial charge in [0.1, 0.15) is 5.75 Å². The maximum Gasteiger partial charge on any atom is 0.332 e. The predicted octanol–water partition coefficient (Wildman–Crippen LogP) is 2.10. The van der Waals surface area contributed by atoms with Crippen molar-refractivity contribution in [3.8, 4) is 17.1 Å². The van der Waals surface area contributed by atoms with E-state index in [2.05, 4.69) is 26.1 Å². The van der Waals surface area contributed by atoms with Crippen molar-refractivity contribution in [2.75, 3.05) is 7.11 Å². The lowest BCUT2D eigenvalue weighted by molar-refractivity contribution is 0.416. The molecule has 3 heterocycles. The fourth-order valence-corrected chi connectivity index (χ4v) is 3.89. The molecule has 10 heteroatoms. The first-order valence-electron chi connectivity index (χ1n) is 8.66. The lowest BCUT2D eigenvalue weighted by atomic mass is 10.2. The molecular formula is C18H19BrN6O3. The van der Waals surface area contributed by atoms with E-state index in [9.17, 15) is 9.59 Å². The summed E-state index contributed by atoms with van der Waals surface area (Å²) in [5.74, 6) is 1.58. The summed E-state index contributed by atoms with van der Waals surface area (Å²) in [5.41, 5.74) is 0.754. The van der Waals surface area contributed by atoms with E-state index in [0.717, 1.165) is 9.04 Å². The van der Waals surface area contributed by atoms with Gasteiger partial charge < -0.3 is 4.74 Å². The van der Waals surface area contributed by atoms with Gasteiger partial charge in [-0.15, -0.1) is 10.2 Å².